The lowest BCUT2D eigenvalue weighted by Crippen LogP contribution is -2.33. The number of hydrogen-bond donors (Lipinski definition) is 2. The van der Waals surface area contributed by atoms with Gasteiger partial charge >= 0.3 is 0 Å². The predicted octanol–water partition coefficient (Wildman–Crippen LogP) is 1.09. The second-order valence-electron chi connectivity index (χ2n) is 4.36. The summed E-state index contributed by atoms with van der Waals surface area (Å²) in [5.41, 5.74) is 1.04. The number of halogens is 1. The zero-order chi connectivity index (χ0) is 12.1. The Balaban J connectivity index is 1.72. The molecule has 4 heteroatoms. The molecule has 1 aliphatic rings. The van der Waals surface area contributed by atoms with Gasteiger partial charge in [-0.25, -0.2) is 4.39 Å². The number of carbonyl (C=O) groups excluding carboxylic acids is 1. The molecule has 0 aliphatic carbocycles. The Kier molecular flexibility index (Phi) is 4.09. The lowest BCUT2D eigenvalue weighted by atomic mass is 10.1. The molecule has 1 aliphatic heterocycles. The van der Waals surface area contributed by atoms with E-state index in [0.717, 1.165) is 31.5 Å². The molecule has 3 nitrogen and oxygen atoms in total. The summed E-state index contributed by atoms with van der Waals surface area (Å²) in [6, 6.07) is 6.38. The number of nitrogens with one attached hydrogen (secondary N) is 2. The highest BCUT2D eigenvalue weighted by molar-refractivity contribution is 5.79. The molecular weight excluding hydrogens is 219 g/mol. The first kappa shape index (κ1) is 12.0. The number of amides is 1. The maximum absolute atomic E-state index is 12.7. The maximum atomic E-state index is 12.7. The number of carbonyl (C=O) groups is 1. The zero-order valence-electron chi connectivity index (χ0n) is 9.71. The third-order valence-corrected chi connectivity index (χ3v) is 3.06. The molecule has 0 spiro atoms. The fourth-order valence-electron chi connectivity index (χ4n) is 2.00. The second kappa shape index (κ2) is 5.77. The van der Waals surface area contributed by atoms with E-state index in [-0.39, 0.29) is 17.6 Å². The quantitative estimate of drug-likeness (QED) is 0.821. The van der Waals surface area contributed by atoms with Gasteiger partial charge in [-0.1, -0.05) is 12.1 Å². The van der Waals surface area contributed by atoms with Crippen LogP contribution < -0.4 is 10.6 Å². The number of benzene rings is 1. The first-order valence-corrected chi connectivity index (χ1v) is 5.98. The molecule has 17 heavy (non-hydrogen) atoms. The Bertz CT molecular complexity index is 372. The Morgan fingerprint density at radius 1 is 1.41 bits per heavy atom. The molecule has 2 N–H and O–H groups in total. The van der Waals surface area contributed by atoms with Crippen LogP contribution >= 0.6 is 0 Å². The van der Waals surface area contributed by atoms with Gasteiger partial charge in [0.25, 0.3) is 0 Å². The molecule has 0 saturated carbocycles. The lowest BCUT2D eigenvalue weighted by Gasteiger charge is -2.09. The second-order valence-corrected chi connectivity index (χ2v) is 4.36. The van der Waals surface area contributed by atoms with Gasteiger partial charge in [-0.15, -0.1) is 0 Å². The Hall–Kier alpha value is -1.42. The van der Waals surface area contributed by atoms with E-state index in [1.165, 1.54) is 12.1 Å². The number of rotatable bonds is 4. The summed E-state index contributed by atoms with van der Waals surface area (Å²) in [5.74, 6) is 0.00939. The molecule has 1 fully saturated rings. The van der Waals surface area contributed by atoms with Crippen molar-refractivity contribution in [3.8, 4) is 0 Å². The summed E-state index contributed by atoms with van der Waals surface area (Å²) < 4.78 is 12.7. The van der Waals surface area contributed by atoms with Gasteiger partial charge in [-0.3, -0.25) is 4.79 Å². The van der Waals surface area contributed by atoms with Crippen LogP contribution in [0.4, 0.5) is 4.39 Å². The first-order chi connectivity index (χ1) is 8.25. The van der Waals surface area contributed by atoms with E-state index >= 15 is 0 Å². The molecule has 1 aromatic carbocycles. The monoisotopic (exact) mass is 236 g/mol. The Morgan fingerprint density at radius 2 is 2.18 bits per heavy atom. The molecular formula is C13H17FN2O. The third kappa shape index (κ3) is 3.53. The summed E-state index contributed by atoms with van der Waals surface area (Å²) >= 11 is 0. The van der Waals surface area contributed by atoms with E-state index < -0.39 is 0 Å². The molecule has 1 aromatic rings. The fourth-order valence-corrected chi connectivity index (χ4v) is 2.00. The van der Waals surface area contributed by atoms with Crippen LogP contribution in [0.25, 0.3) is 0 Å². The van der Waals surface area contributed by atoms with Gasteiger partial charge < -0.3 is 10.6 Å². The SMILES string of the molecule is O=C(NCCc1ccc(F)cc1)C1CCNC1. The molecule has 1 atom stereocenters. The minimum Gasteiger partial charge on any atom is -0.355 e. The molecule has 1 unspecified atom stereocenters. The molecule has 92 valence electrons. The van der Waals surface area contributed by atoms with Crippen LogP contribution in [0.15, 0.2) is 24.3 Å². The minimum absolute atomic E-state index is 0.114. The van der Waals surface area contributed by atoms with Crippen molar-refractivity contribution in [1.29, 1.82) is 0 Å². The van der Waals surface area contributed by atoms with Crippen molar-refractivity contribution < 1.29 is 9.18 Å². The molecule has 1 saturated heterocycles. The summed E-state index contributed by atoms with van der Waals surface area (Å²) in [7, 11) is 0. The average Bonchev–Trinajstić information content (AvgIpc) is 2.85. The Morgan fingerprint density at radius 3 is 2.82 bits per heavy atom. The molecule has 1 amide bonds. The standard InChI is InChI=1S/C13H17FN2O/c14-12-3-1-10(2-4-12)5-8-16-13(17)11-6-7-15-9-11/h1-4,11,15H,5-9H2,(H,16,17). The van der Waals surface area contributed by atoms with Gasteiger partial charge in [0, 0.05) is 13.1 Å². The van der Waals surface area contributed by atoms with Crippen LogP contribution in [-0.2, 0) is 11.2 Å². The van der Waals surface area contributed by atoms with Gasteiger partial charge in [-0.05, 0) is 37.1 Å². The van der Waals surface area contributed by atoms with Crippen LogP contribution in [0.5, 0.6) is 0 Å². The van der Waals surface area contributed by atoms with E-state index in [1.54, 1.807) is 12.1 Å². The molecule has 0 bridgehead atoms. The normalized spacial score (nSPS) is 19.2. The van der Waals surface area contributed by atoms with E-state index in [4.69, 9.17) is 0 Å². The van der Waals surface area contributed by atoms with Crippen molar-refractivity contribution in [3.05, 3.63) is 35.6 Å². The minimum atomic E-state index is -0.227. The smallest absolute Gasteiger partial charge is 0.224 e. The molecule has 1 heterocycles. The third-order valence-electron chi connectivity index (χ3n) is 3.06. The van der Waals surface area contributed by atoms with Crippen molar-refractivity contribution in [2.45, 2.75) is 12.8 Å². The fraction of sp³-hybridized carbons (Fsp3) is 0.462. The van der Waals surface area contributed by atoms with Gasteiger partial charge in [0.05, 0.1) is 5.92 Å². The van der Waals surface area contributed by atoms with Crippen LogP contribution in [-0.4, -0.2) is 25.5 Å². The van der Waals surface area contributed by atoms with Crippen LogP contribution in [0, 0.1) is 11.7 Å². The Labute approximate surface area is 100 Å². The highest BCUT2D eigenvalue weighted by atomic mass is 19.1. The lowest BCUT2D eigenvalue weighted by molar-refractivity contribution is -0.124. The summed E-state index contributed by atoms with van der Waals surface area (Å²) in [5, 5.41) is 6.08. The maximum Gasteiger partial charge on any atom is 0.224 e. The van der Waals surface area contributed by atoms with Gasteiger partial charge in [0.15, 0.2) is 0 Å². The van der Waals surface area contributed by atoms with E-state index in [0.29, 0.717) is 6.54 Å². The van der Waals surface area contributed by atoms with E-state index in [1.807, 2.05) is 0 Å². The van der Waals surface area contributed by atoms with Crippen molar-refractivity contribution in [2.75, 3.05) is 19.6 Å². The predicted molar refractivity (Wildman–Crippen MR) is 64.1 cm³/mol. The zero-order valence-corrected chi connectivity index (χ0v) is 9.71. The summed E-state index contributed by atoms with van der Waals surface area (Å²) in [6.45, 7) is 2.32. The summed E-state index contributed by atoms with van der Waals surface area (Å²) in [6.07, 6.45) is 1.66. The molecule has 0 aromatic heterocycles. The van der Waals surface area contributed by atoms with Crippen LogP contribution in [0.3, 0.4) is 0 Å². The van der Waals surface area contributed by atoms with Gasteiger partial charge in [0.1, 0.15) is 5.82 Å². The topological polar surface area (TPSA) is 41.1 Å². The molecule has 0 radical (unpaired) electrons. The average molecular weight is 236 g/mol. The highest BCUT2D eigenvalue weighted by Crippen LogP contribution is 2.07. The number of hydrogen-bond acceptors (Lipinski definition) is 2. The van der Waals surface area contributed by atoms with E-state index in [2.05, 4.69) is 10.6 Å². The van der Waals surface area contributed by atoms with Crippen molar-refractivity contribution in [3.63, 3.8) is 0 Å². The first-order valence-electron chi connectivity index (χ1n) is 5.98. The van der Waals surface area contributed by atoms with Gasteiger partial charge in [0.2, 0.25) is 5.91 Å². The van der Waals surface area contributed by atoms with Crippen molar-refractivity contribution in [1.82, 2.24) is 10.6 Å². The van der Waals surface area contributed by atoms with Crippen LogP contribution in [0.1, 0.15) is 12.0 Å². The van der Waals surface area contributed by atoms with Crippen LogP contribution in [0.2, 0.25) is 0 Å². The van der Waals surface area contributed by atoms with E-state index in [9.17, 15) is 9.18 Å². The summed E-state index contributed by atoms with van der Waals surface area (Å²) in [4.78, 5) is 11.7. The van der Waals surface area contributed by atoms with Crippen molar-refractivity contribution >= 4 is 5.91 Å². The van der Waals surface area contributed by atoms with Crippen molar-refractivity contribution in [2.24, 2.45) is 5.92 Å². The highest BCUT2D eigenvalue weighted by Gasteiger charge is 2.21. The molecule has 2 rings (SSSR count). The largest absolute Gasteiger partial charge is 0.355 e. The van der Waals surface area contributed by atoms with Gasteiger partial charge in [-0.2, -0.15) is 0 Å².